The fourth-order valence-electron chi connectivity index (χ4n) is 2.49. The number of hydrogen-bond donors (Lipinski definition) is 1. The monoisotopic (exact) mass is 425 g/mol. The number of ether oxygens (including phenoxy) is 1. The molecule has 1 aromatic heterocycles. The Kier molecular flexibility index (Phi) is 7.43. The Balaban J connectivity index is 1.49. The van der Waals surface area contributed by atoms with Crippen LogP contribution in [0.15, 0.2) is 58.9 Å². The van der Waals surface area contributed by atoms with E-state index in [2.05, 4.69) is 39.8 Å². The minimum atomic E-state index is -0.635. The molecule has 2 aromatic carbocycles. The van der Waals surface area contributed by atoms with Crippen LogP contribution in [0.3, 0.4) is 0 Å². The van der Waals surface area contributed by atoms with E-state index < -0.39 is 6.10 Å². The van der Waals surface area contributed by atoms with Crippen LogP contribution in [0.4, 0.5) is 5.13 Å². The molecule has 0 bridgehead atoms. The van der Waals surface area contributed by atoms with E-state index in [-0.39, 0.29) is 5.91 Å². The lowest BCUT2D eigenvalue weighted by molar-refractivity contribution is -0.122. The van der Waals surface area contributed by atoms with Crippen molar-refractivity contribution in [2.45, 2.75) is 31.2 Å². The van der Waals surface area contributed by atoms with Crippen molar-refractivity contribution in [1.29, 1.82) is 0 Å². The molecule has 1 unspecified atom stereocenters. The molecule has 7 heteroatoms. The summed E-state index contributed by atoms with van der Waals surface area (Å²) in [7, 11) is 0. The van der Waals surface area contributed by atoms with Crippen molar-refractivity contribution < 1.29 is 9.53 Å². The number of anilines is 1. The van der Waals surface area contributed by atoms with Crippen LogP contribution < -0.4 is 10.1 Å². The van der Waals surface area contributed by atoms with Crippen molar-refractivity contribution in [1.82, 2.24) is 10.2 Å². The van der Waals surface area contributed by atoms with E-state index in [0.29, 0.717) is 10.9 Å². The van der Waals surface area contributed by atoms with Crippen LogP contribution in [0, 0.1) is 13.8 Å². The number of amides is 1. The first kappa shape index (κ1) is 21.1. The van der Waals surface area contributed by atoms with E-state index in [4.69, 9.17) is 4.74 Å². The van der Waals surface area contributed by atoms with Crippen molar-refractivity contribution in [3.05, 3.63) is 71.3 Å². The number of aryl methyl sites for hydroxylation is 1. The number of nitrogens with one attached hydrogen (secondary N) is 1. The van der Waals surface area contributed by atoms with E-state index in [0.717, 1.165) is 26.8 Å². The molecule has 1 atom stereocenters. The molecule has 3 rings (SSSR count). The number of benzene rings is 2. The summed E-state index contributed by atoms with van der Waals surface area (Å²) in [5.74, 6) is 1.25. The van der Waals surface area contributed by atoms with Crippen molar-refractivity contribution in [2.75, 3.05) is 11.1 Å². The number of rotatable bonds is 8. The maximum atomic E-state index is 12.4. The average molecular weight is 426 g/mol. The van der Waals surface area contributed by atoms with E-state index in [1.54, 1.807) is 18.7 Å². The highest BCUT2D eigenvalue weighted by Crippen LogP contribution is 2.26. The zero-order valence-corrected chi connectivity index (χ0v) is 18.2. The van der Waals surface area contributed by atoms with Crippen LogP contribution >= 0.6 is 23.1 Å². The summed E-state index contributed by atoms with van der Waals surface area (Å²) in [6, 6.07) is 15.9. The molecule has 0 spiro atoms. The molecule has 29 heavy (non-hydrogen) atoms. The maximum Gasteiger partial charge on any atom is 0.266 e. The molecule has 0 aliphatic heterocycles. The molecule has 0 saturated heterocycles. The van der Waals surface area contributed by atoms with Gasteiger partial charge in [0.2, 0.25) is 5.13 Å². The van der Waals surface area contributed by atoms with E-state index in [1.165, 1.54) is 11.3 Å². The Morgan fingerprint density at radius 3 is 2.76 bits per heavy atom. The summed E-state index contributed by atoms with van der Waals surface area (Å²) in [5, 5.41) is 11.4. The zero-order chi connectivity index (χ0) is 20.6. The molecule has 1 N–H and O–H groups in total. The van der Waals surface area contributed by atoms with Crippen LogP contribution in [0.1, 0.15) is 23.6 Å². The Morgan fingerprint density at radius 1 is 1.17 bits per heavy atom. The van der Waals surface area contributed by atoms with Gasteiger partial charge in [-0.1, -0.05) is 77.7 Å². The van der Waals surface area contributed by atoms with E-state index in [1.807, 2.05) is 50.2 Å². The first-order valence-corrected chi connectivity index (χ1v) is 11.0. The summed E-state index contributed by atoms with van der Waals surface area (Å²) in [4.78, 5) is 12.4. The highest BCUT2D eigenvalue weighted by molar-refractivity contribution is 8.01. The molecule has 1 amide bonds. The maximum absolute atomic E-state index is 12.4. The second-order valence-corrected chi connectivity index (χ2v) is 8.69. The van der Waals surface area contributed by atoms with Crippen molar-refractivity contribution in [3.63, 3.8) is 0 Å². The molecule has 150 valence electrons. The van der Waals surface area contributed by atoms with Crippen molar-refractivity contribution in [3.8, 4) is 5.75 Å². The van der Waals surface area contributed by atoms with Crippen LogP contribution in [0.2, 0.25) is 0 Å². The minimum Gasteiger partial charge on any atom is -0.481 e. The highest BCUT2D eigenvalue weighted by atomic mass is 32.2. The zero-order valence-electron chi connectivity index (χ0n) is 16.6. The lowest BCUT2D eigenvalue weighted by Crippen LogP contribution is -2.30. The fraction of sp³-hybridized carbons (Fsp3) is 0.227. The number of hydrogen-bond acceptors (Lipinski definition) is 6. The Labute approximate surface area is 179 Å². The van der Waals surface area contributed by atoms with Gasteiger partial charge >= 0.3 is 0 Å². The molecule has 0 radical (unpaired) electrons. The summed E-state index contributed by atoms with van der Waals surface area (Å²) in [6.45, 7) is 5.72. The van der Waals surface area contributed by atoms with Crippen LogP contribution in [0.5, 0.6) is 5.75 Å². The lowest BCUT2D eigenvalue weighted by atomic mass is 10.1. The van der Waals surface area contributed by atoms with Gasteiger partial charge in [-0.05, 0) is 43.5 Å². The standard InChI is InChI=1S/C22H23N3O2S2/c1-15-9-7-13-19(16(15)2)27-17(3)20(26)23-21-24-25-22(29-21)28-14-8-12-18-10-5-4-6-11-18/h4-13,17H,14H2,1-3H3,(H,23,24,26)/b12-8+. The SMILES string of the molecule is Cc1cccc(OC(C)C(=O)Nc2nnc(SC/C=C/c3ccccc3)s2)c1C. The first-order valence-electron chi connectivity index (χ1n) is 9.24. The third-order valence-corrected chi connectivity index (χ3v) is 6.20. The van der Waals surface area contributed by atoms with Gasteiger partial charge in [0.15, 0.2) is 10.4 Å². The van der Waals surface area contributed by atoms with Gasteiger partial charge in [-0.2, -0.15) is 0 Å². The molecule has 0 fully saturated rings. The first-order chi connectivity index (χ1) is 14.0. The second kappa shape index (κ2) is 10.2. The van der Waals surface area contributed by atoms with Crippen LogP contribution in [0.25, 0.3) is 6.08 Å². The number of thioether (sulfide) groups is 1. The normalized spacial score (nSPS) is 12.1. The minimum absolute atomic E-state index is 0.248. The number of carbonyl (C=O) groups excluding carboxylic acids is 1. The molecule has 0 saturated carbocycles. The molecule has 0 aliphatic rings. The second-order valence-electron chi connectivity index (χ2n) is 6.44. The van der Waals surface area contributed by atoms with Gasteiger partial charge in [-0.25, -0.2) is 0 Å². The van der Waals surface area contributed by atoms with E-state index >= 15 is 0 Å². The van der Waals surface area contributed by atoms with Crippen molar-refractivity contribution >= 4 is 40.2 Å². The molecular formula is C22H23N3O2S2. The van der Waals surface area contributed by atoms with Gasteiger partial charge in [-0.15, -0.1) is 10.2 Å². The van der Waals surface area contributed by atoms with Gasteiger partial charge in [0.05, 0.1) is 0 Å². The van der Waals surface area contributed by atoms with Crippen LogP contribution in [-0.4, -0.2) is 28.0 Å². The predicted molar refractivity (Wildman–Crippen MR) is 121 cm³/mol. The smallest absolute Gasteiger partial charge is 0.266 e. The van der Waals surface area contributed by atoms with Crippen LogP contribution in [-0.2, 0) is 4.79 Å². The molecule has 0 aliphatic carbocycles. The Bertz CT molecular complexity index is 987. The summed E-state index contributed by atoms with van der Waals surface area (Å²) in [6.07, 6.45) is 3.52. The Hall–Kier alpha value is -2.64. The van der Waals surface area contributed by atoms with E-state index in [9.17, 15) is 4.79 Å². The largest absolute Gasteiger partial charge is 0.481 e. The fourth-order valence-corrected chi connectivity index (χ4v) is 4.08. The third kappa shape index (κ3) is 6.17. The number of nitrogens with zero attached hydrogens (tertiary/aromatic N) is 2. The quantitative estimate of drug-likeness (QED) is 0.388. The number of aromatic nitrogens is 2. The molecule has 1 heterocycles. The predicted octanol–water partition coefficient (Wildman–Crippen LogP) is 5.37. The van der Waals surface area contributed by atoms with Gasteiger partial charge < -0.3 is 4.74 Å². The Morgan fingerprint density at radius 2 is 1.97 bits per heavy atom. The number of carbonyl (C=O) groups is 1. The molecule has 5 nitrogen and oxygen atoms in total. The van der Waals surface area contributed by atoms with Gasteiger partial charge in [-0.3, -0.25) is 10.1 Å². The summed E-state index contributed by atoms with van der Waals surface area (Å²) >= 11 is 2.93. The molecule has 3 aromatic rings. The topological polar surface area (TPSA) is 64.1 Å². The van der Waals surface area contributed by atoms with Gasteiger partial charge in [0.1, 0.15) is 5.75 Å². The van der Waals surface area contributed by atoms with Crippen molar-refractivity contribution in [2.24, 2.45) is 0 Å². The average Bonchev–Trinajstić information content (AvgIpc) is 3.16. The lowest BCUT2D eigenvalue weighted by Gasteiger charge is -2.16. The van der Waals surface area contributed by atoms with Gasteiger partial charge in [0, 0.05) is 5.75 Å². The summed E-state index contributed by atoms with van der Waals surface area (Å²) < 4.78 is 6.62. The van der Waals surface area contributed by atoms with Gasteiger partial charge in [0.25, 0.3) is 5.91 Å². The highest BCUT2D eigenvalue weighted by Gasteiger charge is 2.18. The third-order valence-electron chi connectivity index (χ3n) is 4.28. The molecular weight excluding hydrogens is 402 g/mol. The summed E-state index contributed by atoms with van der Waals surface area (Å²) in [5.41, 5.74) is 3.32.